The lowest BCUT2D eigenvalue weighted by Crippen LogP contribution is -2.49. The van der Waals surface area contributed by atoms with E-state index in [4.69, 9.17) is 4.74 Å². The molecule has 1 fully saturated rings. The van der Waals surface area contributed by atoms with Gasteiger partial charge in [0, 0.05) is 12.6 Å². The van der Waals surface area contributed by atoms with Crippen molar-refractivity contribution in [1.29, 1.82) is 0 Å². The van der Waals surface area contributed by atoms with Crippen LogP contribution < -0.4 is 5.32 Å². The second kappa shape index (κ2) is 8.16. The van der Waals surface area contributed by atoms with Crippen LogP contribution in [0.2, 0.25) is 0 Å². The molecule has 0 aromatic rings. The van der Waals surface area contributed by atoms with Crippen molar-refractivity contribution in [2.75, 3.05) is 13.2 Å². The fourth-order valence-electron chi connectivity index (χ4n) is 3.08. The number of hydrogen-bond donors (Lipinski definition) is 1. The van der Waals surface area contributed by atoms with Gasteiger partial charge in [-0.1, -0.05) is 34.6 Å². The van der Waals surface area contributed by atoms with Gasteiger partial charge in [0.05, 0.1) is 6.10 Å². The minimum Gasteiger partial charge on any atom is -0.376 e. The third-order valence-electron chi connectivity index (χ3n) is 4.05. The maximum atomic E-state index is 6.20. The fourth-order valence-corrected chi connectivity index (χ4v) is 3.08. The van der Waals surface area contributed by atoms with Crippen molar-refractivity contribution < 1.29 is 4.74 Å². The second-order valence-electron chi connectivity index (χ2n) is 6.63. The van der Waals surface area contributed by atoms with Gasteiger partial charge in [0.25, 0.3) is 0 Å². The molecule has 2 heteroatoms. The molecule has 2 nitrogen and oxygen atoms in total. The summed E-state index contributed by atoms with van der Waals surface area (Å²) in [5.74, 6) is 2.26. The van der Waals surface area contributed by atoms with Crippen LogP contribution in [0.3, 0.4) is 0 Å². The van der Waals surface area contributed by atoms with Crippen LogP contribution in [0.15, 0.2) is 0 Å². The molecule has 0 aromatic heterocycles. The van der Waals surface area contributed by atoms with Crippen molar-refractivity contribution in [3.05, 3.63) is 0 Å². The zero-order chi connectivity index (χ0) is 13.5. The Labute approximate surface area is 114 Å². The number of rotatable bonds is 7. The molecule has 0 radical (unpaired) electrons. The molecule has 1 saturated carbocycles. The first kappa shape index (κ1) is 16.0. The van der Waals surface area contributed by atoms with Crippen LogP contribution in [0.5, 0.6) is 0 Å². The van der Waals surface area contributed by atoms with Gasteiger partial charge in [-0.2, -0.15) is 0 Å². The lowest BCUT2D eigenvalue weighted by atomic mass is 9.78. The summed E-state index contributed by atoms with van der Waals surface area (Å²) in [7, 11) is 0. The standard InChI is InChI=1S/C16H33NO/c1-6-8-17-15-11-13(4)10-14(5)16(15)18-9-7-12(2)3/h12-17H,6-11H2,1-5H3. The molecule has 0 bridgehead atoms. The molecule has 1 aliphatic rings. The summed E-state index contributed by atoms with van der Waals surface area (Å²) in [6, 6.07) is 0.566. The predicted molar refractivity (Wildman–Crippen MR) is 78.8 cm³/mol. The van der Waals surface area contributed by atoms with Crippen molar-refractivity contribution >= 4 is 0 Å². The first-order valence-corrected chi connectivity index (χ1v) is 7.89. The maximum absolute atomic E-state index is 6.20. The molecule has 4 atom stereocenters. The highest BCUT2D eigenvalue weighted by atomic mass is 16.5. The largest absolute Gasteiger partial charge is 0.376 e. The summed E-state index contributed by atoms with van der Waals surface area (Å²) in [6.07, 6.45) is 5.40. The Kier molecular flexibility index (Phi) is 7.25. The van der Waals surface area contributed by atoms with E-state index < -0.39 is 0 Å². The van der Waals surface area contributed by atoms with Crippen molar-refractivity contribution in [2.45, 2.75) is 72.4 Å². The Morgan fingerprint density at radius 1 is 1.22 bits per heavy atom. The van der Waals surface area contributed by atoms with Crippen LogP contribution in [0.25, 0.3) is 0 Å². The van der Waals surface area contributed by atoms with Crippen LogP contribution in [-0.4, -0.2) is 25.3 Å². The molecule has 0 saturated heterocycles. The van der Waals surface area contributed by atoms with Gasteiger partial charge in [-0.05, 0) is 50.0 Å². The summed E-state index contributed by atoms with van der Waals surface area (Å²) in [6.45, 7) is 13.5. The van der Waals surface area contributed by atoms with Gasteiger partial charge in [0.1, 0.15) is 0 Å². The van der Waals surface area contributed by atoms with Crippen LogP contribution in [0.4, 0.5) is 0 Å². The topological polar surface area (TPSA) is 21.3 Å². The number of nitrogens with one attached hydrogen (secondary N) is 1. The molecule has 0 heterocycles. The van der Waals surface area contributed by atoms with Crippen molar-refractivity contribution in [2.24, 2.45) is 17.8 Å². The van der Waals surface area contributed by atoms with Gasteiger partial charge in [-0.15, -0.1) is 0 Å². The molecule has 0 spiro atoms. The fraction of sp³-hybridized carbons (Fsp3) is 1.00. The van der Waals surface area contributed by atoms with E-state index in [1.54, 1.807) is 0 Å². The molecule has 4 unspecified atom stereocenters. The predicted octanol–water partition coefficient (Wildman–Crippen LogP) is 3.85. The Balaban J connectivity index is 2.46. The molecule has 1 aliphatic carbocycles. The third-order valence-corrected chi connectivity index (χ3v) is 4.05. The van der Waals surface area contributed by atoms with E-state index in [2.05, 4.69) is 39.9 Å². The summed E-state index contributed by atoms with van der Waals surface area (Å²) in [5.41, 5.74) is 0. The first-order chi connectivity index (χ1) is 8.54. The number of hydrogen-bond acceptors (Lipinski definition) is 2. The highest BCUT2D eigenvalue weighted by Gasteiger charge is 2.34. The van der Waals surface area contributed by atoms with E-state index in [0.29, 0.717) is 18.1 Å². The molecule has 0 amide bonds. The van der Waals surface area contributed by atoms with Crippen LogP contribution in [0.1, 0.15) is 60.3 Å². The van der Waals surface area contributed by atoms with E-state index in [1.807, 2.05) is 0 Å². The molecular formula is C16H33NO. The van der Waals surface area contributed by atoms with Gasteiger partial charge >= 0.3 is 0 Å². The smallest absolute Gasteiger partial charge is 0.0753 e. The van der Waals surface area contributed by atoms with Gasteiger partial charge < -0.3 is 10.1 Å². The van der Waals surface area contributed by atoms with E-state index in [1.165, 1.54) is 25.7 Å². The SMILES string of the molecule is CCCNC1CC(C)CC(C)C1OCCC(C)C. The highest BCUT2D eigenvalue weighted by molar-refractivity contribution is 4.88. The molecule has 108 valence electrons. The van der Waals surface area contributed by atoms with Crippen LogP contribution >= 0.6 is 0 Å². The lowest BCUT2D eigenvalue weighted by Gasteiger charge is -2.40. The van der Waals surface area contributed by atoms with Crippen LogP contribution in [-0.2, 0) is 4.74 Å². The second-order valence-corrected chi connectivity index (χ2v) is 6.63. The van der Waals surface area contributed by atoms with Crippen LogP contribution in [0, 0.1) is 17.8 Å². The van der Waals surface area contributed by atoms with Gasteiger partial charge in [0.2, 0.25) is 0 Å². The summed E-state index contributed by atoms with van der Waals surface area (Å²) >= 11 is 0. The Bertz CT molecular complexity index is 217. The third kappa shape index (κ3) is 5.27. The average molecular weight is 255 g/mol. The Hall–Kier alpha value is -0.0800. The average Bonchev–Trinajstić information content (AvgIpc) is 2.28. The molecule has 1 N–H and O–H groups in total. The molecular weight excluding hydrogens is 222 g/mol. The number of ether oxygens (including phenoxy) is 1. The Morgan fingerprint density at radius 2 is 1.94 bits per heavy atom. The van der Waals surface area contributed by atoms with E-state index in [0.717, 1.165) is 25.0 Å². The van der Waals surface area contributed by atoms with Gasteiger partial charge in [0.15, 0.2) is 0 Å². The van der Waals surface area contributed by atoms with Gasteiger partial charge in [-0.25, -0.2) is 0 Å². The van der Waals surface area contributed by atoms with E-state index in [-0.39, 0.29) is 0 Å². The summed E-state index contributed by atoms with van der Waals surface area (Å²) in [4.78, 5) is 0. The summed E-state index contributed by atoms with van der Waals surface area (Å²) in [5, 5.41) is 3.70. The molecule has 0 aliphatic heterocycles. The normalized spacial score (nSPS) is 33.0. The minimum absolute atomic E-state index is 0.423. The van der Waals surface area contributed by atoms with E-state index in [9.17, 15) is 0 Å². The maximum Gasteiger partial charge on any atom is 0.0753 e. The Morgan fingerprint density at radius 3 is 2.56 bits per heavy atom. The quantitative estimate of drug-likeness (QED) is 0.746. The minimum atomic E-state index is 0.423. The van der Waals surface area contributed by atoms with Crippen molar-refractivity contribution in [3.8, 4) is 0 Å². The van der Waals surface area contributed by atoms with Crippen molar-refractivity contribution in [3.63, 3.8) is 0 Å². The van der Waals surface area contributed by atoms with E-state index >= 15 is 0 Å². The first-order valence-electron chi connectivity index (χ1n) is 7.89. The molecule has 1 rings (SSSR count). The zero-order valence-corrected chi connectivity index (χ0v) is 13.0. The van der Waals surface area contributed by atoms with Gasteiger partial charge in [-0.3, -0.25) is 0 Å². The summed E-state index contributed by atoms with van der Waals surface area (Å²) < 4.78 is 6.20. The monoisotopic (exact) mass is 255 g/mol. The van der Waals surface area contributed by atoms with Crippen molar-refractivity contribution in [1.82, 2.24) is 5.32 Å². The highest BCUT2D eigenvalue weighted by Crippen LogP contribution is 2.31. The molecule has 18 heavy (non-hydrogen) atoms. The zero-order valence-electron chi connectivity index (χ0n) is 13.0. The lowest BCUT2D eigenvalue weighted by molar-refractivity contribution is -0.0408. The molecule has 0 aromatic carbocycles.